The molecule has 2 aliphatic heterocycles. The Bertz CT molecular complexity index is 1280. The number of ketones is 1. The second-order valence-electron chi connectivity index (χ2n) is 8.46. The predicted octanol–water partition coefficient (Wildman–Crippen LogP) is 5.04. The van der Waals surface area contributed by atoms with E-state index < -0.39 is 17.7 Å². The zero-order chi connectivity index (χ0) is 23.8. The van der Waals surface area contributed by atoms with Crippen LogP contribution in [0.4, 0.5) is 5.69 Å². The lowest BCUT2D eigenvalue weighted by molar-refractivity contribution is -0.132. The summed E-state index contributed by atoms with van der Waals surface area (Å²) in [5.74, 6) is -0.141. The van der Waals surface area contributed by atoms with E-state index in [9.17, 15) is 14.7 Å². The first-order valence-corrected chi connectivity index (χ1v) is 11.4. The van der Waals surface area contributed by atoms with Crippen LogP contribution in [0.5, 0.6) is 11.5 Å². The quantitative estimate of drug-likeness (QED) is 0.332. The van der Waals surface area contributed by atoms with Gasteiger partial charge < -0.3 is 14.6 Å². The van der Waals surface area contributed by atoms with Crippen molar-refractivity contribution < 1.29 is 24.2 Å². The van der Waals surface area contributed by atoms with Crippen LogP contribution in [-0.2, 0) is 16.0 Å². The topological polar surface area (TPSA) is 76.1 Å². The number of aliphatic hydroxyl groups excluding tert-OH is 1. The highest BCUT2D eigenvalue weighted by atomic mass is 16.5. The maximum absolute atomic E-state index is 13.3. The largest absolute Gasteiger partial charge is 0.507 e. The van der Waals surface area contributed by atoms with Gasteiger partial charge in [-0.15, -0.1) is 0 Å². The van der Waals surface area contributed by atoms with E-state index in [4.69, 9.17) is 9.47 Å². The molecule has 1 saturated heterocycles. The van der Waals surface area contributed by atoms with Gasteiger partial charge in [-0.3, -0.25) is 14.5 Å². The van der Waals surface area contributed by atoms with Crippen LogP contribution in [0.2, 0.25) is 0 Å². The van der Waals surface area contributed by atoms with Crippen LogP contribution in [0, 0.1) is 0 Å². The van der Waals surface area contributed by atoms with E-state index in [0.717, 1.165) is 23.3 Å². The molecule has 6 nitrogen and oxygen atoms in total. The van der Waals surface area contributed by atoms with Crippen molar-refractivity contribution in [2.24, 2.45) is 0 Å². The second kappa shape index (κ2) is 8.71. The van der Waals surface area contributed by atoms with E-state index in [-0.39, 0.29) is 17.4 Å². The lowest BCUT2D eigenvalue weighted by Gasteiger charge is -2.25. The first kappa shape index (κ1) is 21.8. The molecule has 5 rings (SSSR count). The number of anilines is 1. The lowest BCUT2D eigenvalue weighted by atomic mass is 9.94. The normalized spacial score (nSPS) is 20.8. The van der Waals surface area contributed by atoms with Crippen molar-refractivity contribution in [3.05, 3.63) is 95.1 Å². The number of Topliss-reactive ketones (excluding diaryl/α,β-unsaturated/α-hetero) is 1. The molecule has 2 unspecified atom stereocenters. The van der Waals surface area contributed by atoms with Crippen molar-refractivity contribution in [1.82, 2.24) is 0 Å². The van der Waals surface area contributed by atoms with E-state index in [2.05, 4.69) is 0 Å². The third-order valence-electron chi connectivity index (χ3n) is 6.16. The van der Waals surface area contributed by atoms with Crippen molar-refractivity contribution in [2.45, 2.75) is 32.4 Å². The summed E-state index contributed by atoms with van der Waals surface area (Å²) in [4.78, 5) is 28.0. The molecule has 0 aromatic heterocycles. The Morgan fingerprint density at radius 1 is 1.06 bits per heavy atom. The number of fused-ring (bicyclic) bond motifs is 1. The van der Waals surface area contributed by atoms with E-state index >= 15 is 0 Å². The second-order valence-corrected chi connectivity index (χ2v) is 8.46. The SMILES string of the molecule is CCOc1ccc(N2C(=O)C(=O)/C(=C(\O)c3ccc4c(c3)CC(C)O4)C2c2ccccc2)cc1. The molecule has 1 amide bonds. The molecule has 3 aromatic carbocycles. The van der Waals surface area contributed by atoms with Gasteiger partial charge >= 0.3 is 0 Å². The number of benzene rings is 3. The van der Waals surface area contributed by atoms with E-state index in [1.807, 2.05) is 50.2 Å². The van der Waals surface area contributed by atoms with Gasteiger partial charge in [0.05, 0.1) is 18.2 Å². The molecular formula is C28H25NO5. The monoisotopic (exact) mass is 455 g/mol. The van der Waals surface area contributed by atoms with Crippen LogP contribution in [0.1, 0.15) is 36.6 Å². The average Bonchev–Trinajstić information content (AvgIpc) is 3.35. The van der Waals surface area contributed by atoms with Gasteiger partial charge in [-0.05, 0) is 67.4 Å². The Morgan fingerprint density at radius 3 is 2.50 bits per heavy atom. The molecule has 172 valence electrons. The fraction of sp³-hybridized carbons (Fsp3) is 0.214. The van der Waals surface area contributed by atoms with Crippen LogP contribution in [0.15, 0.2) is 78.4 Å². The third kappa shape index (κ3) is 3.71. The molecule has 0 bridgehead atoms. The Morgan fingerprint density at radius 2 is 1.79 bits per heavy atom. The third-order valence-corrected chi connectivity index (χ3v) is 6.16. The minimum Gasteiger partial charge on any atom is -0.507 e. The summed E-state index contributed by atoms with van der Waals surface area (Å²) in [5, 5.41) is 11.3. The van der Waals surface area contributed by atoms with Gasteiger partial charge in [-0.2, -0.15) is 0 Å². The standard InChI is InChI=1S/C28H25NO5/c1-3-33-22-12-10-21(11-13-22)29-25(18-7-5-4-6-8-18)24(27(31)28(29)32)26(30)19-9-14-23-20(16-19)15-17(2)34-23/h4-14,16-17,25,30H,3,15H2,1-2H3/b26-24-. The van der Waals surface area contributed by atoms with Gasteiger partial charge in [-0.1, -0.05) is 30.3 Å². The average molecular weight is 456 g/mol. The van der Waals surface area contributed by atoms with Crippen molar-refractivity contribution in [3.63, 3.8) is 0 Å². The van der Waals surface area contributed by atoms with Crippen LogP contribution in [0.25, 0.3) is 5.76 Å². The molecule has 0 spiro atoms. The first-order chi connectivity index (χ1) is 16.5. The van der Waals surface area contributed by atoms with Gasteiger partial charge in [-0.25, -0.2) is 0 Å². The van der Waals surface area contributed by atoms with Crippen molar-refractivity contribution in [3.8, 4) is 11.5 Å². The molecule has 1 fully saturated rings. The van der Waals surface area contributed by atoms with Crippen molar-refractivity contribution in [1.29, 1.82) is 0 Å². The summed E-state index contributed by atoms with van der Waals surface area (Å²) in [6.07, 6.45) is 0.779. The molecule has 3 aromatic rings. The fourth-order valence-electron chi connectivity index (χ4n) is 4.64. The minimum atomic E-state index is -0.762. The van der Waals surface area contributed by atoms with E-state index in [1.54, 1.807) is 36.4 Å². The molecule has 6 heteroatoms. The molecule has 0 radical (unpaired) electrons. The number of ether oxygens (including phenoxy) is 2. The lowest BCUT2D eigenvalue weighted by Crippen LogP contribution is -2.29. The predicted molar refractivity (Wildman–Crippen MR) is 129 cm³/mol. The molecule has 34 heavy (non-hydrogen) atoms. The summed E-state index contributed by atoms with van der Waals surface area (Å²) in [5.41, 5.74) is 2.80. The zero-order valence-electron chi connectivity index (χ0n) is 19.0. The fourth-order valence-corrected chi connectivity index (χ4v) is 4.64. The van der Waals surface area contributed by atoms with Gasteiger partial charge in [0.1, 0.15) is 23.4 Å². The summed E-state index contributed by atoms with van der Waals surface area (Å²) < 4.78 is 11.3. The van der Waals surface area contributed by atoms with Gasteiger partial charge in [0, 0.05) is 17.7 Å². The highest BCUT2D eigenvalue weighted by Crippen LogP contribution is 2.43. The summed E-state index contributed by atoms with van der Waals surface area (Å²) in [6, 6.07) is 20.9. The number of amides is 1. The van der Waals surface area contributed by atoms with Gasteiger partial charge in [0.15, 0.2) is 0 Å². The summed E-state index contributed by atoms with van der Waals surface area (Å²) >= 11 is 0. The molecular weight excluding hydrogens is 430 g/mol. The van der Waals surface area contributed by atoms with E-state index in [1.165, 1.54) is 4.90 Å². The molecule has 0 aliphatic carbocycles. The van der Waals surface area contributed by atoms with Crippen LogP contribution >= 0.6 is 0 Å². The smallest absolute Gasteiger partial charge is 0.300 e. The Kier molecular flexibility index (Phi) is 5.57. The molecule has 1 N–H and O–H groups in total. The molecule has 2 heterocycles. The molecule has 2 aliphatic rings. The number of nitrogens with zero attached hydrogens (tertiary/aromatic N) is 1. The number of hydrogen-bond acceptors (Lipinski definition) is 5. The Hall–Kier alpha value is -4.06. The maximum Gasteiger partial charge on any atom is 0.300 e. The van der Waals surface area contributed by atoms with Crippen molar-refractivity contribution in [2.75, 3.05) is 11.5 Å². The van der Waals surface area contributed by atoms with Crippen LogP contribution < -0.4 is 14.4 Å². The molecule has 0 saturated carbocycles. The summed E-state index contributed by atoms with van der Waals surface area (Å²) in [7, 11) is 0. The van der Waals surface area contributed by atoms with Crippen LogP contribution in [-0.4, -0.2) is 29.5 Å². The number of rotatable bonds is 5. The summed E-state index contributed by atoms with van der Waals surface area (Å²) in [6.45, 7) is 4.41. The number of carbonyl (C=O) groups excluding carboxylic acids is 2. The van der Waals surface area contributed by atoms with Gasteiger partial charge in [0.25, 0.3) is 11.7 Å². The Labute approximate surface area is 198 Å². The minimum absolute atomic E-state index is 0.0574. The number of aliphatic hydroxyl groups is 1. The van der Waals surface area contributed by atoms with E-state index in [0.29, 0.717) is 23.6 Å². The highest BCUT2D eigenvalue weighted by Gasteiger charge is 2.47. The zero-order valence-corrected chi connectivity index (χ0v) is 19.0. The Balaban J connectivity index is 1.63. The van der Waals surface area contributed by atoms with Gasteiger partial charge in [0.2, 0.25) is 0 Å². The number of hydrogen-bond donors (Lipinski definition) is 1. The highest BCUT2D eigenvalue weighted by molar-refractivity contribution is 6.51. The maximum atomic E-state index is 13.3. The van der Waals surface area contributed by atoms with Crippen molar-refractivity contribution >= 4 is 23.1 Å². The number of carbonyl (C=O) groups is 2. The first-order valence-electron chi connectivity index (χ1n) is 11.4. The van der Waals surface area contributed by atoms with Crippen LogP contribution in [0.3, 0.4) is 0 Å². The molecule has 2 atom stereocenters.